The average Bonchev–Trinajstić information content (AvgIpc) is 2.83. The van der Waals surface area contributed by atoms with Crippen molar-refractivity contribution in [2.24, 2.45) is 11.8 Å². The van der Waals surface area contributed by atoms with Crippen LogP contribution < -0.4 is 5.32 Å². The lowest BCUT2D eigenvalue weighted by atomic mass is 9.61. The number of nitrogens with one attached hydrogen (secondary N) is 1. The highest BCUT2D eigenvalue weighted by atomic mass is 35.6. The largest absolute Gasteiger partial charge is 0.389 e. The van der Waals surface area contributed by atoms with Gasteiger partial charge in [-0.2, -0.15) is 3.84 Å². The molecule has 4 atom stereocenters. The Morgan fingerprint density at radius 2 is 1.69 bits per heavy atom. The minimum atomic E-state index is -0.576. The molecule has 0 amide bonds. The van der Waals surface area contributed by atoms with Gasteiger partial charge in [0, 0.05) is 38.6 Å². The second kappa shape index (κ2) is 11.5. The fourth-order valence-electron chi connectivity index (χ4n) is 6.51. The van der Waals surface area contributed by atoms with Crippen molar-refractivity contribution in [3.8, 4) is 0 Å². The molecule has 32 heavy (non-hydrogen) atoms. The summed E-state index contributed by atoms with van der Waals surface area (Å²) in [5.74, 6) is 1.77. The number of piperazine rings is 1. The molecular formula is C26H36Cl2N2O2. The molecule has 0 bridgehead atoms. The van der Waals surface area contributed by atoms with Gasteiger partial charge in [0.15, 0.2) is 0 Å². The molecule has 2 saturated carbocycles. The van der Waals surface area contributed by atoms with E-state index in [0.717, 1.165) is 57.4 Å². The summed E-state index contributed by atoms with van der Waals surface area (Å²) < 4.78 is 3.19. The van der Waals surface area contributed by atoms with E-state index in [2.05, 4.69) is 80.3 Å². The van der Waals surface area contributed by atoms with Crippen molar-refractivity contribution in [2.75, 3.05) is 32.7 Å². The van der Waals surface area contributed by atoms with E-state index >= 15 is 0 Å². The third kappa shape index (κ3) is 5.60. The van der Waals surface area contributed by atoms with Crippen molar-refractivity contribution in [1.29, 1.82) is 0 Å². The Bertz CT molecular complexity index is 855. The maximum atomic E-state index is 12.2. The summed E-state index contributed by atoms with van der Waals surface area (Å²) in [6.07, 6.45) is 8.64. The van der Waals surface area contributed by atoms with Crippen LogP contribution in [0, 0.1) is 11.8 Å². The predicted octanol–water partition coefficient (Wildman–Crippen LogP) is 5.86. The summed E-state index contributed by atoms with van der Waals surface area (Å²) >= 11 is 8.53. The van der Waals surface area contributed by atoms with Gasteiger partial charge in [-0.3, -0.25) is 0 Å². The zero-order valence-electron chi connectivity index (χ0n) is 18.8. The minimum Gasteiger partial charge on any atom is -0.389 e. The van der Waals surface area contributed by atoms with Crippen LogP contribution in [-0.4, -0.2) is 48.3 Å². The van der Waals surface area contributed by atoms with E-state index in [4.69, 9.17) is 0 Å². The molecule has 1 aliphatic heterocycles. The van der Waals surface area contributed by atoms with Gasteiger partial charge >= 0.3 is 0 Å². The summed E-state index contributed by atoms with van der Waals surface area (Å²) in [6.45, 7) is 5.27. The van der Waals surface area contributed by atoms with E-state index in [1.807, 2.05) is 0 Å². The van der Waals surface area contributed by atoms with Gasteiger partial charge < -0.3 is 15.3 Å². The lowest BCUT2D eigenvalue weighted by Crippen LogP contribution is -2.51. The van der Waals surface area contributed by atoms with Crippen molar-refractivity contribution >= 4 is 34.5 Å². The summed E-state index contributed by atoms with van der Waals surface area (Å²) in [7, 11) is 0. The maximum absolute atomic E-state index is 12.2. The monoisotopic (exact) mass is 478 g/mol. The van der Waals surface area contributed by atoms with E-state index in [-0.39, 0.29) is 5.92 Å². The van der Waals surface area contributed by atoms with Gasteiger partial charge in [-0.05, 0) is 47.4 Å². The highest BCUT2D eigenvalue weighted by Gasteiger charge is 2.46. The Morgan fingerprint density at radius 1 is 1.00 bits per heavy atom. The molecule has 2 aromatic rings. The van der Waals surface area contributed by atoms with Gasteiger partial charge in [-0.15, -0.1) is 0 Å². The molecule has 5 rings (SSSR count). The first-order valence-electron chi connectivity index (χ1n) is 12.2. The van der Waals surface area contributed by atoms with Crippen molar-refractivity contribution in [1.82, 2.24) is 10.2 Å². The van der Waals surface area contributed by atoms with E-state index < -0.39 is 5.60 Å². The van der Waals surface area contributed by atoms with Crippen LogP contribution in [0.1, 0.15) is 56.4 Å². The number of aliphatic hydroxyl groups is 1. The van der Waals surface area contributed by atoms with Crippen LogP contribution >= 0.6 is 23.7 Å². The zero-order chi connectivity index (χ0) is 22.4. The molecule has 0 spiro atoms. The SMILES string of the molecule is ClOCl.OC1(C(CN2CCNCC2)c2cccc3ccccc23)CCC2CCCCC2C1. The molecule has 4 nitrogen and oxygen atoms in total. The number of benzene rings is 2. The van der Waals surface area contributed by atoms with Crippen LogP contribution in [0.3, 0.4) is 0 Å². The smallest absolute Gasteiger partial charge is 0.0832 e. The molecule has 1 heterocycles. The second-order valence-electron chi connectivity index (χ2n) is 9.88. The Labute approximate surface area is 202 Å². The molecule has 6 heteroatoms. The third-order valence-electron chi connectivity index (χ3n) is 8.13. The van der Waals surface area contributed by atoms with Crippen molar-refractivity contribution < 1.29 is 8.95 Å². The van der Waals surface area contributed by atoms with Crippen LogP contribution in [0.4, 0.5) is 0 Å². The molecule has 0 aromatic heterocycles. The lowest BCUT2D eigenvalue weighted by molar-refractivity contribution is -0.0708. The Morgan fingerprint density at radius 3 is 2.47 bits per heavy atom. The third-order valence-corrected chi connectivity index (χ3v) is 8.13. The van der Waals surface area contributed by atoms with Crippen LogP contribution in [0.15, 0.2) is 42.5 Å². The molecule has 3 aliphatic rings. The van der Waals surface area contributed by atoms with Crippen molar-refractivity contribution in [3.05, 3.63) is 48.0 Å². The van der Waals surface area contributed by atoms with E-state index in [1.165, 1.54) is 48.4 Å². The summed E-state index contributed by atoms with van der Waals surface area (Å²) in [5.41, 5.74) is 0.784. The van der Waals surface area contributed by atoms with Gasteiger partial charge in [0.05, 0.1) is 29.3 Å². The van der Waals surface area contributed by atoms with Gasteiger partial charge in [-0.25, -0.2) is 0 Å². The highest BCUT2D eigenvalue weighted by molar-refractivity contribution is 6.24. The summed E-state index contributed by atoms with van der Waals surface area (Å²) in [5, 5.41) is 18.3. The van der Waals surface area contributed by atoms with E-state index in [1.54, 1.807) is 0 Å². The molecule has 3 fully saturated rings. The Hall–Kier alpha value is -0.880. The second-order valence-corrected chi connectivity index (χ2v) is 10.3. The standard InChI is InChI=1S/C26H36N2O.Cl2O/c29-26(13-12-20-6-1-2-8-22(20)18-26)25(19-28-16-14-27-15-17-28)24-11-5-9-21-7-3-4-10-23(21)24;1-3-2/h3-5,7,9-11,20,22,25,27,29H,1-2,6,8,12-19H2;. The zero-order valence-corrected chi connectivity index (χ0v) is 20.3. The fraction of sp³-hybridized carbons (Fsp3) is 0.615. The molecule has 2 aromatic carbocycles. The van der Waals surface area contributed by atoms with Gasteiger partial charge in [0.1, 0.15) is 0 Å². The normalized spacial score (nSPS) is 29.6. The molecule has 176 valence electrons. The minimum absolute atomic E-state index is 0.189. The predicted molar refractivity (Wildman–Crippen MR) is 133 cm³/mol. The van der Waals surface area contributed by atoms with Gasteiger partial charge in [-0.1, -0.05) is 68.1 Å². The molecule has 2 N–H and O–H groups in total. The first kappa shape index (κ1) is 24.3. The molecular weight excluding hydrogens is 443 g/mol. The number of hydrogen-bond acceptors (Lipinski definition) is 4. The number of fused-ring (bicyclic) bond motifs is 2. The van der Waals surface area contributed by atoms with Crippen LogP contribution in [0.2, 0.25) is 0 Å². The van der Waals surface area contributed by atoms with Crippen LogP contribution in [0.25, 0.3) is 10.8 Å². The van der Waals surface area contributed by atoms with Crippen molar-refractivity contribution in [3.63, 3.8) is 0 Å². The number of halogens is 2. The average molecular weight is 479 g/mol. The maximum Gasteiger partial charge on any atom is 0.0832 e. The van der Waals surface area contributed by atoms with E-state index in [0.29, 0.717) is 0 Å². The number of nitrogens with zero attached hydrogens (tertiary/aromatic N) is 1. The summed E-state index contributed by atoms with van der Waals surface area (Å²) in [4.78, 5) is 2.58. The lowest BCUT2D eigenvalue weighted by Gasteiger charge is -2.49. The van der Waals surface area contributed by atoms with Crippen LogP contribution in [0.5, 0.6) is 0 Å². The molecule has 2 aliphatic carbocycles. The topological polar surface area (TPSA) is 44.7 Å². The molecule has 0 radical (unpaired) electrons. The molecule has 1 saturated heterocycles. The first-order chi connectivity index (χ1) is 15.6. The Balaban J connectivity index is 0.000000775. The number of rotatable bonds is 4. The van der Waals surface area contributed by atoms with Crippen molar-refractivity contribution in [2.45, 2.75) is 56.5 Å². The summed E-state index contributed by atoms with van der Waals surface area (Å²) in [6, 6.07) is 15.4. The van der Waals surface area contributed by atoms with Crippen LogP contribution in [-0.2, 0) is 3.84 Å². The number of hydrogen-bond donors (Lipinski definition) is 2. The first-order valence-corrected chi connectivity index (χ1v) is 12.8. The van der Waals surface area contributed by atoms with Gasteiger partial charge in [0.25, 0.3) is 0 Å². The Kier molecular flexibility index (Phi) is 8.72. The quantitative estimate of drug-likeness (QED) is 0.577. The molecule has 4 unspecified atom stereocenters. The van der Waals surface area contributed by atoms with E-state index in [9.17, 15) is 5.11 Å². The fourth-order valence-corrected chi connectivity index (χ4v) is 6.51. The van der Waals surface area contributed by atoms with Gasteiger partial charge in [0.2, 0.25) is 0 Å². The highest BCUT2D eigenvalue weighted by Crippen LogP contribution is 2.50.